The molecule has 180 valence electrons. The lowest BCUT2D eigenvalue weighted by Crippen LogP contribution is -2.34. The molecule has 7 heteroatoms. The van der Waals surface area contributed by atoms with Gasteiger partial charge in [0.05, 0.1) is 25.3 Å². The standard InChI is InChI=1S/C28H26BrNO5/c1-17-11-23-21(28-26(17)27(31)25(35-28)14-19-5-4-6-20(29)12-19)15-30(16-34-23)10-9-18-7-8-22(32-2)24(13-18)33-3/h4-8,11-14H,9-10,15-16H2,1-3H3/b25-14+. The van der Waals surface area contributed by atoms with Crippen LogP contribution in [0.15, 0.2) is 58.8 Å². The fourth-order valence-electron chi connectivity index (χ4n) is 4.49. The van der Waals surface area contributed by atoms with E-state index in [4.69, 9.17) is 18.9 Å². The summed E-state index contributed by atoms with van der Waals surface area (Å²) < 4.78 is 24.0. The third kappa shape index (κ3) is 4.66. The fourth-order valence-corrected chi connectivity index (χ4v) is 4.91. The first-order valence-corrected chi connectivity index (χ1v) is 12.2. The smallest absolute Gasteiger partial charge is 0.232 e. The Labute approximate surface area is 213 Å². The summed E-state index contributed by atoms with van der Waals surface area (Å²) in [5, 5.41) is 0. The van der Waals surface area contributed by atoms with Crippen molar-refractivity contribution in [1.82, 2.24) is 4.90 Å². The molecular formula is C28H26BrNO5. The van der Waals surface area contributed by atoms with Gasteiger partial charge in [0.1, 0.15) is 18.2 Å². The maximum absolute atomic E-state index is 13.2. The van der Waals surface area contributed by atoms with Crippen LogP contribution in [-0.2, 0) is 13.0 Å². The lowest BCUT2D eigenvalue weighted by atomic mass is 9.98. The van der Waals surface area contributed by atoms with E-state index < -0.39 is 0 Å². The maximum atomic E-state index is 13.2. The van der Waals surface area contributed by atoms with E-state index in [1.54, 1.807) is 20.3 Å². The molecular weight excluding hydrogens is 510 g/mol. The average Bonchev–Trinajstić information content (AvgIpc) is 3.19. The molecule has 0 spiro atoms. The minimum absolute atomic E-state index is 0.0947. The van der Waals surface area contributed by atoms with E-state index >= 15 is 0 Å². The van der Waals surface area contributed by atoms with Gasteiger partial charge in [0, 0.05) is 17.6 Å². The fraction of sp³-hybridized carbons (Fsp3) is 0.250. The molecule has 35 heavy (non-hydrogen) atoms. The summed E-state index contributed by atoms with van der Waals surface area (Å²) in [4.78, 5) is 15.4. The highest BCUT2D eigenvalue weighted by Crippen LogP contribution is 2.44. The van der Waals surface area contributed by atoms with Gasteiger partial charge in [0.25, 0.3) is 0 Å². The van der Waals surface area contributed by atoms with Crippen LogP contribution in [0.2, 0.25) is 0 Å². The minimum atomic E-state index is -0.0947. The molecule has 3 aromatic carbocycles. The van der Waals surface area contributed by atoms with Crippen molar-refractivity contribution < 1.29 is 23.7 Å². The van der Waals surface area contributed by atoms with Gasteiger partial charge in [-0.05, 0) is 66.4 Å². The Morgan fingerprint density at radius 2 is 1.91 bits per heavy atom. The molecule has 5 rings (SSSR count). The minimum Gasteiger partial charge on any atom is -0.493 e. The summed E-state index contributed by atoms with van der Waals surface area (Å²) in [7, 11) is 3.27. The van der Waals surface area contributed by atoms with Crippen LogP contribution in [0.4, 0.5) is 0 Å². The van der Waals surface area contributed by atoms with Gasteiger partial charge in [-0.2, -0.15) is 0 Å². The Morgan fingerprint density at radius 1 is 1.09 bits per heavy atom. The normalized spacial score (nSPS) is 15.9. The second-order valence-electron chi connectivity index (χ2n) is 8.63. The van der Waals surface area contributed by atoms with Crippen LogP contribution in [-0.4, -0.2) is 38.2 Å². The summed E-state index contributed by atoms with van der Waals surface area (Å²) in [6.07, 6.45) is 2.61. The Kier molecular flexibility index (Phi) is 6.54. The highest BCUT2D eigenvalue weighted by atomic mass is 79.9. The van der Waals surface area contributed by atoms with Crippen molar-refractivity contribution >= 4 is 27.8 Å². The lowest BCUT2D eigenvalue weighted by molar-refractivity contribution is 0.0949. The highest BCUT2D eigenvalue weighted by molar-refractivity contribution is 9.10. The van der Waals surface area contributed by atoms with Gasteiger partial charge in [0.2, 0.25) is 5.78 Å². The number of rotatable bonds is 6. The Hall–Kier alpha value is -3.29. The first kappa shape index (κ1) is 23.5. The van der Waals surface area contributed by atoms with Gasteiger partial charge in [-0.1, -0.05) is 34.1 Å². The third-order valence-corrected chi connectivity index (χ3v) is 6.79. The third-order valence-electron chi connectivity index (χ3n) is 6.30. The monoisotopic (exact) mass is 535 g/mol. The molecule has 0 atom stereocenters. The van der Waals surface area contributed by atoms with Crippen LogP contribution in [0.5, 0.6) is 23.0 Å². The maximum Gasteiger partial charge on any atom is 0.232 e. The quantitative estimate of drug-likeness (QED) is 0.372. The molecule has 2 aliphatic heterocycles. The molecule has 2 heterocycles. The molecule has 0 bridgehead atoms. The first-order chi connectivity index (χ1) is 17.0. The number of benzene rings is 3. The summed E-state index contributed by atoms with van der Waals surface area (Å²) >= 11 is 3.48. The summed E-state index contributed by atoms with van der Waals surface area (Å²) in [6, 6.07) is 15.7. The van der Waals surface area contributed by atoms with Crippen LogP contribution in [0, 0.1) is 6.92 Å². The molecule has 0 unspecified atom stereocenters. The van der Waals surface area contributed by atoms with Crippen molar-refractivity contribution in [3.8, 4) is 23.0 Å². The second kappa shape index (κ2) is 9.76. The van der Waals surface area contributed by atoms with Gasteiger partial charge in [0.15, 0.2) is 17.3 Å². The molecule has 0 saturated carbocycles. The second-order valence-corrected chi connectivity index (χ2v) is 9.55. The number of Topliss-reactive ketones (excluding diaryl/α,β-unsaturated/α-hetero) is 1. The molecule has 0 amide bonds. The van der Waals surface area contributed by atoms with E-state index in [1.807, 2.05) is 55.5 Å². The molecule has 2 aliphatic rings. The van der Waals surface area contributed by atoms with Crippen molar-refractivity contribution in [1.29, 1.82) is 0 Å². The zero-order chi connectivity index (χ0) is 24.5. The summed E-state index contributed by atoms with van der Waals surface area (Å²) in [5.41, 5.74) is 4.44. The number of allylic oxidation sites excluding steroid dienone is 1. The SMILES string of the molecule is COc1ccc(CCN2COc3cc(C)c4c(c3C2)O/C(=C/c2cccc(Br)c2)C4=O)cc1OC. The van der Waals surface area contributed by atoms with Crippen molar-refractivity contribution in [2.75, 3.05) is 27.5 Å². The number of carbonyl (C=O) groups excluding carboxylic acids is 1. The zero-order valence-corrected chi connectivity index (χ0v) is 21.5. The van der Waals surface area contributed by atoms with Crippen molar-refractivity contribution in [3.05, 3.63) is 86.6 Å². The Balaban J connectivity index is 1.36. The van der Waals surface area contributed by atoms with Gasteiger partial charge in [-0.3, -0.25) is 9.69 Å². The first-order valence-electron chi connectivity index (χ1n) is 11.4. The number of ketones is 1. The largest absolute Gasteiger partial charge is 0.493 e. The van der Waals surface area contributed by atoms with Crippen molar-refractivity contribution in [2.45, 2.75) is 19.9 Å². The van der Waals surface area contributed by atoms with Crippen LogP contribution < -0.4 is 18.9 Å². The predicted molar refractivity (Wildman–Crippen MR) is 137 cm³/mol. The predicted octanol–water partition coefficient (Wildman–Crippen LogP) is 5.79. The molecule has 0 fully saturated rings. The van der Waals surface area contributed by atoms with E-state index in [9.17, 15) is 4.79 Å². The summed E-state index contributed by atoms with van der Waals surface area (Å²) in [6.45, 7) is 3.83. The van der Waals surface area contributed by atoms with Crippen LogP contribution in [0.3, 0.4) is 0 Å². The molecule has 0 radical (unpaired) electrons. The number of methoxy groups -OCH3 is 2. The number of nitrogens with zero attached hydrogens (tertiary/aromatic N) is 1. The number of hydrogen-bond acceptors (Lipinski definition) is 6. The molecule has 0 aromatic heterocycles. The topological polar surface area (TPSA) is 57.2 Å². The number of carbonyl (C=O) groups is 1. The number of halogens is 1. The zero-order valence-electron chi connectivity index (χ0n) is 19.9. The molecule has 6 nitrogen and oxygen atoms in total. The van der Waals surface area contributed by atoms with E-state index in [-0.39, 0.29) is 5.78 Å². The number of ether oxygens (including phenoxy) is 4. The van der Waals surface area contributed by atoms with Gasteiger partial charge in [-0.25, -0.2) is 0 Å². The number of fused-ring (bicyclic) bond motifs is 3. The van der Waals surface area contributed by atoms with Crippen LogP contribution in [0.1, 0.15) is 32.6 Å². The summed E-state index contributed by atoms with van der Waals surface area (Å²) in [5.74, 6) is 3.06. The molecule has 0 saturated heterocycles. The molecule has 0 aliphatic carbocycles. The van der Waals surface area contributed by atoms with E-state index in [0.717, 1.165) is 51.2 Å². The molecule has 3 aromatic rings. The van der Waals surface area contributed by atoms with Crippen molar-refractivity contribution in [3.63, 3.8) is 0 Å². The van der Waals surface area contributed by atoms with E-state index in [2.05, 4.69) is 20.8 Å². The van der Waals surface area contributed by atoms with Gasteiger partial charge < -0.3 is 18.9 Å². The van der Waals surface area contributed by atoms with Crippen molar-refractivity contribution in [2.24, 2.45) is 0 Å². The number of aryl methyl sites for hydroxylation is 1. The van der Waals surface area contributed by atoms with E-state index in [1.165, 1.54) is 0 Å². The highest BCUT2D eigenvalue weighted by Gasteiger charge is 2.35. The lowest BCUT2D eigenvalue weighted by Gasteiger charge is -2.30. The van der Waals surface area contributed by atoms with Gasteiger partial charge >= 0.3 is 0 Å². The van der Waals surface area contributed by atoms with E-state index in [0.29, 0.717) is 36.1 Å². The Morgan fingerprint density at radius 3 is 2.69 bits per heavy atom. The van der Waals surface area contributed by atoms with Crippen LogP contribution >= 0.6 is 15.9 Å². The molecule has 0 N–H and O–H groups in total. The van der Waals surface area contributed by atoms with Gasteiger partial charge in [-0.15, -0.1) is 0 Å². The van der Waals surface area contributed by atoms with Crippen LogP contribution in [0.25, 0.3) is 6.08 Å². The Bertz CT molecular complexity index is 1330. The number of hydrogen-bond donors (Lipinski definition) is 0. The average molecular weight is 536 g/mol.